The molecule has 0 fully saturated rings. The summed E-state index contributed by atoms with van der Waals surface area (Å²) in [5.41, 5.74) is 3.23. The predicted octanol–water partition coefficient (Wildman–Crippen LogP) is 4.63. The lowest BCUT2D eigenvalue weighted by atomic mass is 10.1. The Bertz CT molecular complexity index is 1100. The minimum atomic E-state index is -0.0739. The number of amides is 1. The minimum absolute atomic E-state index is 0.0739. The number of methoxy groups -OCH3 is 1. The Balaban J connectivity index is 1.64. The molecule has 3 aromatic rings. The second-order valence-corrected chi connectivity index (χ2v) is 7.34. The largest absolute Gasteiger partial charge is 0.454 e. The second-order valence-electron chi connectivity index (χ2n) is 7.34. The smallest absolute Gasteiger partial charge is 0.228 e. The molecule has 6 heteroatoms. The molecule has 1 amide bonds. The van der Waals surface area contributed by atoms with Crippen LogP contribution in [-0.4, -0.2) is 44.0 Å². The highest BCUT2D eigenvalue weighted by atomic mass is 16.5. The summed E-state index contributed by atoms with van der Waals surface area (Å²) in [7, 11) is 3.64. The number of rotatable bonds is 6. The first-order chi connectivity index (χ1) is 15.1. The Morgan fingerprint density at radius 2 is 1.81 bits per heavy atom. The number of ether oxygens (including phenoxy) is 2. The van der Waals surface area contributed by atoms with Gasteiger partial charge in [0.2, 0.25) is 5.91 Å². The number of aliphatic imine (C=N–C) groups is 1. The molecular weight excluding hydrogens is 390 g/mol. The highest BCUT2D eigenvalue weighted by Crippen LogP contribution is 2.38. The van der Waals surface area contributed by atoms with Crippen LogP contribution in [0.25, 0.3) is 0 Å². The first-order valence-corrected chi connectivity index (χ1v) is 10.2. The van der Waals surface area contributed by atoms with E-state index in [9.17, 15) is 4.79 Å². The summed E-state index contributed by atoms with van der Waals surface area (Å²) < 4.78 is 11.4. The molecule has 4 rings (SSSR count). The van der Waals surface area contributed by atoms with E-state index >= 15 is 0 Å². The van der Waals surface area contributed by atoms with E-state index in [1.165, 1.54) is 0 Å². The number of nitrogens with zero attached hydrogens (tertiary/aromatic N) is 2. The molecule has 31 heavy (non-hydrogen) atoms. The summed E-state index contributed by atoms with van der Waals surface area (Å²) in [4.78, 5) is 19.5. The molecule has 6 nitrogen and oxygen atoms in total. The van der Waals surface area contributed by atoms with Crippen LogP contribution in [0, 0.1) is 0 Å². The van der Waals surface area contributed by atoms with Gasteiger partial charge in [-0.25, -0.2) is 4.99 Å². The van der Waals surface area contributed by atoms with Crippen LogP contribution in [-0.2, 0) is 16.0 Å². The normalized spacial score (nSPS) is 12.0. The number of fused-ring (bicyclic) bond motifs is 2. The third-order valence-corrected chi connectivity index (χ3v) is 5.02. The summed E-state index contributed by atoms with van der Waals surface area (Å²) in [5, 5.41) is 2.99. The lowest BCUT2D eigenvalue weighted by molar-refractivity contribution is -0.115. The average molecular weight is 415 g/mol. The molecule has 0 unspecified atom stereocenters. The Hall–Kier alpha value is -3.64. The van der Waals surface area contributed by atoms with Gasteiger partial charge in [-0.2, -0.15) is 0 Å². The number of carbonyl (C=O) groups excluding carboxylic acids is 1. The lowest BCUT2D eigenvalue weighted by Gasteiger charge is -2.22. The Morgan fingerprint density at radius 1 is 1.03 bits per heavy atom. The standard InChI is InChI=1S/C25H25N3O3/c1-28(14-15-30-2)25-20-17-19(26-24(29)16-18-8-4-3-5-9-18)12-13-22(20)31-23-11-7-6-10-21(23)27-25/h3-13,17H,14-16H2,1-2H3,(H,26,29). The summed E-state index contributed by atoms with van der Waals surface area (Å²) in [5.74, 6) is 2.07. The van der Waals surface area contributed by atoms with Crippen molar-refractivity contribution < 1.29 is 14.3 Å². The number of carbonyl (C=O) groups is 1. The third-order valence-electron chi connectivity index (χ3n) is 5.02. The van der Waals surface area contributed by atoms with Crippen molar-refractivity contribution in [2.45, 2.75) is 6.42 Å². The van der Waals surface area contributed by atoms with Crippen molar-refractivity contribution in [2.75, 3.05) is 32.6 Å². The van der Waals surface area contributed by atoms with Crippen LogP contribution in [0.15, 0.2) is 77.8 Å². The van der Waals surface area contributed by atoms with Gasteiger partial charge in [-0.1, -0.05) is 42.5 Å². The third kappa shape index (κ3) is 4.92. The predicted molar refractivity (Wildman–Crippen MR) is 122 cm³/mol. The Morgan fingerprint density at radius 3 is 2.61 bits per heavy atom. The molecule has 0 saturated carbocycles. The van der Waals surface area contributed by atoms with Crippen molar-refractivity contribution in [3.63, 3.8) is 0 Å². The van der Waals surface area contributed by atoms with Gasteiger partial charge in [0.1, 0.15) is 17.3 Å². The Kier molecular flexibility index (Phi) is 6.29. The monoisotopic (exact) mass is 415 g/mol. The van der Waals surface area contributed by atoms with Gasteiger partial charge in [0, 0.05) is 26.4 Å². The summed E-state index contributed by atoms with van der Waals surface area (Å²) in [6, 6.07) is 23.0. The molecule has 3 aromatic carbocycles. The second kappa shape index (κ2) is 9.45. The maximum absolute atomic E-state index is 12.6. The SMILES string of the molecule is COCCN(C)C1=Nc2ccccc2Oc2ccc(NC(=O)Cc3ccccc3)cc21. The van der Waals surface area contributed by atoms with Crippen LogP contribution in [0.1, 0.15) is 11.1 Å². The average Bonchev–Trinajstić information content (AvgIpc) is 2.94. The van der Waals surface area contributed by atoms with Crippen LogP contribution in [0.2, 0.25) is 0 Å². The number of para-hydroxylation sites is 2. The first kappa shape index (κ1) is 20.6. The summed E-state index contributed by atoms with van der Waals surface area (Å²) in [6.07, 6.45) is 0.314. The van der Waals surface area contributed by atoms with E-state index in [0.717, 1.165) is 22.6 Å². The van der Waals surface area contributed by atoms with Gasteiger partial charge in [-0.05, 0) is 35.9 Å². The van der Waals surface area contributed by atoms with Gasteiger partial charge in [-0.15, -0.1) is 0 Å². The van der Waals surface area contributed by atoms with Crippen molar-refractivity contribution in [1.29, 1.82) is 0 Å². The quantitative estimate of drug-likeness (QED) is 0.638. The number of benzene rings is 3. The van der Waals surface area contributed by atoms with E-state index in [0.29, 0.717) is 36.8 Å². The van der Waals surface area contributed by atoms with E-state index in [2.05, 4.69) is 5.32 Å². The molecule has 158 valence electrons. The molecular formula is C25H25N3O3. The summed E-state index contributed by atoms with van der Waals surface area (Å²) in [6.45, 7) is 1.24. The fourth-order valence-electron chi connectivity index (χ4n) is 3.41. The van der Waals surface area contributed by atoms with Crippen LogP contribution in [0.5, 0.6) is 11.5 Å². The van der Waals surface area contributed by atoms with E-state index in [4.69, 9.17) is 14.5 Å². The molecule has 0 saturated heterocycles. The van der Waals surface area contributed by atoms with Crippen LogP contribution in [0.3, 0.4) is 0 Å². The van der Waals surface area contributed by atoms with E-state index in [1.807, 2.05) is 84.7 Å². The summed E-state index contributed by atoms with van der Waals surface area (Å²) >= 11 is 0. The number of amidine groups is 1. The molecule has 1 aliphatic heterocycles. The molecule has 0 atom stereocenters. The van der Waals surface area contributed by atoms with Crippen molar-refractivity contribution in [3.05, 3.63) is 83.9 Å². The molecule has 0 spiro atoms. The van der Waals surface area contributed by atoms with Crippen LogP contribution in [0.4, 0.5) is 11.4 Å². The maximum atomic E-state index is 12.6. The fourth-order valence-corrected chi connectivity index (χ4v) is 3.41. The molecule has 1 heterocycles. The number of hydrogen-bond acceptors (Lipinski definition) is 5. The molecule has 0 radical (unpaired) electrons. The number of anilines is 1. The first-order valence-electron chi connectivity index (χ1n) is 10.2. The highest BCUT2D eigenvalue weighted by Gasteiger charge is 2.21. The van der Waals surface area contributed by atoms with Gasteiger partial charge in [0.05, 0.1) is 18.6 Å². The van der Waals surface area contributed by atoms with Crippen molar-refractivity contribution in [3.8, 4) is 11.5 Å². The van der Waals surface area contributed by atoms with Crippen molar-refractivity contribution in [2.24, 2.45) is 4.99 Å². The van der Waals surface area contributed by atoms with Gasteiger partial charge < -0.3 is 19.7 Å². The number of hydrogen-bond donors (Lipinski definition) is 1. The van der Waals surface area contributed by atoms with E-state index in [-0.39, 0.29) is 5.91 Å². The fraction of sp³-hybridized carbons (Fsp3) is 0.200. The highest BCUT2D eigenvalue weighted by molar-refractivity contribution is 6.05. The maximum Gasteiger partial charge on any atom is 0.228 e. The minimum Gasteiger partial charge on any atom is -0.454 e. The van der Waals surface area contributed by atoms with E-state index in [1.54, 1.807) is 7.11 Å². The zero-order valence-electron chi connectivity index (χ0n) is 17.7. The Labute approximate surface area is 182 Å². The molecule has 1 aliphatic rings. The van der Waals surface area contributed by atoms with Crippen LogP contribution >= 0.6 is 0 Å². The molecule has 1 N–H and O–H groups in total. The van der Waals surface area contributed by atoms with Crippen molar-refractivity contribution in [1.82, 2.24) is 4.90 Å². The van der Waals surface area contributed by atoms with Gasteiger partial charge in [0.15, 0.2) is 5.75 Å². The van der Waals surface area contributed by atoms with Gasteiger partial charge >= 0.3 is 0 Å². The topological polar surface area (TPSA) is 63.2 Å². The zero-order valence-corrected chi connectivity index (χ0v) is 17.7. The molecule has 0 bridgehead atoms. The number of nitrogens with one attached hydrogen (secondary N) is 1. The zero-order chi connectivity index (χ0) is 21.6. The lowest BCUT2D eigenvalue weighted by Crippen LogP contribution is -2.30. The molecule has 0 aromatic heterocycles. The van der Waals surface area contributed by atoms with Crippen LogP contribution < -0.4 is 10.1 Å². The van der Waals surface area contributed by atoms with Gasteiger partial charge in [-0.3, -0.25) is 4.79 Å². The van der Waals surface area contributed by atoms with E-state index < -0.39 is 0 Å². The van der Waals surface area contributed by atoms with Gasteiger partial charge in [0.25, 0.3) is 0 Å². The van der Waals surface area contributed by atoms with Crippen molar-refractivity contribution >= 4 is 23.1 Å². The number of likely N-dealkylation sites (N-methyl/N-ethyl adjacent to an activating group) is 1. The molecule has 0 aliphatic carbocycles.